The second-order valence-corrected chi connectivity index (χ2v) is 8.93. The van der Waals surface area contributed by atoms with Crippen molar-refractivity contribution < 1.29 is 12.8 Å². The number of imidazole rings is 1. The van der Waals surface area contributed by atoms with Gasteiger partial charge in [-0.2, -0.15) is 4.31 Å². The fraction of sp³-hybridized carbons (Fsp3) is 0.500. The van der Waals surface area contributed by atoms with Crippen LogP contribution >= 0.6 is 0 Å². The number of nitrogens with zero attached hydrogens (tertiary/aromatic N) is 4. The molecular weight excluding hydrogens is 355 g/mol. The average Bonchev–Trinajstić information content (AvgIpc) is 2.82. The number of aromatic nitrogens is 2. The summed E-state index contributed by atoms with van der Waals surface area (Å²) in [7, 11) is -1.73. The highest BCUT2D eigenvalue weighted by Crippen LogP contribution is 2.24. The molecule has 1 aromatic carbocycles. The van der Waals surface area contributed by atoms with Crippen molar-refractivity contribution in [1.29, 1.82) is 0 Å². The third-order valence-electron chi connectivity index (χ3n) is 4.88. The Morgan fingerprint density at radius 2 is 2.08 bits per heavy atom. The molecule has 6 nitrogen and oxygen atoms in total. The van der Waals surface area contributed by atoms with E-state index < -0.39 is 15.8 Å². The molecule has 0 aliphatic carbocycles. The molecule has 0 saturated carbocycles. The fourth-order valence-corrected chi connectivity index (χ4v) is 4.49. The van der Waals surface area contributed by atoms with Crippen LogP contribution in [0.5, 0.6) is 0 Å². The van der Waals surface area contributed by atoms with E-state index in [4.69, 9.17) is 0 Å². The summed E-state index contributed by atoms with van der Waals surface area (Å²) >= 11 is 0. The van der Waals surface area contributed by atoms with Gasteiger partial charge in [0.1, 0.15) is 5.82 Å². The zero-order chi connectivity index (χ0) is 18.9. The molecule has 1 aliphatic rings. The zero-order valence-corrected chi connectivity index (χ0v) is 16.2. The second-order valence-electron chi connectivity index (χ2n) is 6.99. The molecule has 0 saturated heterocycles. The first-order chi connectivity index (χ1) is 12.3. The Morgan fingerprint density at radius 3 is 2.77 bits per heavy atom. The van der Waals surface area contributed by atoms with E-state index in [0.717, 1.165) is 24.0 Å². The van der Waals surface area contributed by atoms with Gasteiger partial charge in [-0.05, 0) is 45.5 Å². The standard InChI is InChI=1S/C18H25FN4O2S/c1-14(2)21(3)11-17-18-12-23(9-5-8-22(18)13-20-17)26(24,25)16-7-4-6-15(19)10-16/h4,6-7,10,13-14H,5,8-9,11-12H2,1-3H3. The topological polar surface area (TPSA) is 58.4 Å². The molecule has 3 rings (SSSR count). The van der Waals surface area contributed by atoms with Crippen molar-refractivity contribution in [1.82, 2.24) is 18.8 Å². The Bertz CT molecular complexity index is 879. The summed E-state index contributed by atoms with van der Waals surface area (Å²) < 4.78 is 42.9. The Balaban J connectivity index is 1.90. The number of rotatable bonds is 5. The van der Waals surface area contributed by atoms with Gasteiger partial charge in [-0.1, -0.05) is 6.07 Å². The molecule has 2 heterocycles. The van der Waals surface area contributed by atoms with Crippen molar-refractivity contribution >= 4 is 10.0 Å². The third kappa shape index (κ3) is 3.82. The maximum Gasteiger partial charge on any atom is 0.243 e. The summed E-state index contributed by atoms with van der Waals surface area (Å²) in [5.74, 6) is -0.551. The van der Waals surface area contributed by atoms with E-state index in [-0.39, 0.29) is 11.4 Å². The van der Waals surface area contributed by atoms with Gasteiger partial charge in [-0.25, -0.2) is 17.8 Å². The molecule has 1 aliphatic heterocycles. The van der Waals surface area contributed by atoms with Crippen LogP contribution in [0.15, 0.2) is 35.5 Å². The van der Waals surface area contributed by atoms with Crippen LogP contribution in [0.4, 0.5) is 4.39 Å². The summed E-state index contributed by atoms with van der Waals surface area (Å²) in [5, 5.41) is 0. The molecule has 1 aromatic heterocycles. The van der Waals surface area contributed by atoms with Crippen LogP contribution in [-0.2, 0) is 29.7 Å². The second kappa shape index (κ2) is 7.46. The van der Waals surface area contributed by atoms with Gasteiger partial charge in [-0.3, -0.25) is 4.90 Å². The number of benzene rings is 1. The first kappa shape index (κ1) is 19.0. The maximum absolute atomic E-state index is 13.5. The highest BCUT2D eigenvalue weighted by Gasteiger charge is 2.29. The van der Waals surface area contributed by atoms with Gasteiger partial charge in [0.15, 0.2) is 0 Å². The van der Waals surface area contributed by atoms with E-state index in [1.54, 1.807) is 6.33 Å². The first-order valence-electron chi connectivity index (χ1n) is 8.78. The normalized spacial score (nSPS) is 16.1. The van der Waals surface area contributed by atoms with Gasteiger partial charge < -0.3 is 4.57 Å². The van der Waals surface area contributed by atoms with Crippen molar-refractivity contribution in [2.45, 2.75) is 50.8 Å². The Morgan fingerprint density at radius 1 is 1.31 bits per heavy atom. The van der Waals surface area contributed by atoms with Gasteiger partial charge >= 0.3 is 0 Å². The largest absolute Gasteiger partial charge is 0.333 e. The predicted octanol–water partition coefficient (Wildman–Crippen LogP) is 2.46. The van der Waals surface area contributed by atoms with Crippen molar-refractivity contribution in [2.24, 2.45) is 0 Å². The lowest BCUT2D eigenvalue weighted by Crippen LogP contribution is -2.32. The zero-order valence-electron chi connectivity index (χ0n) is 15.4. The number of sulfonamides is 1. The number of hydrogen-bond acceptors (Lipinski definition) is 4. The van der Waals surface area contributed by atoms with Crippen molar-refractivity contribution in [3.05, 3.63) is 47.8 Å². The van der Waals surface area contributed by atoms with Crippen LogP contribution in [0, 0.1) is 5.82 Å². The van der Waals surface area contributed by atoms with E-state index >= 15 is 0 Å². The molecule has 0 spiro atoms. The Labute approximate surface area is 154 Å². The van der Waals surface area contributed by atoms with Gasteiger partial charge in [0, 0.05) is 25.7 Å². The van der Waals surface area contributed by atoms with Gasteiger partial charge in [0.25, 0.3) is 0 Å². The monoisotopic (exact) mass is 380 g/mol. The van der Waals surface area contributed by atoms with E-state index in [1.807, 2.05) is 11.6 Å². The van der Waals surface area contributed by atoms with Crippen molar-refractivity contribution in [3.8, 4) is 0 Å². The quantitative estimate of drug-likeness (QED) is 0.800. The molecule has 26 heavy (non-hydrogen) atoms. The van der Waals surface area contributed by atoms with E-state index in [2.05, 4.69) is 23.7 Å². The molecule has 0 N–H and O–H groups in total. The lowest BCUT2D eigenvalue weighted by molar-refractivity contribution is 0.261. The number of aryl methyl sites for hydroxylation is 1. The lowest BCUT2D eigenvalue weighted by atomic mass is 10.2. The van der Waals surface area contributed by atoms with Crippen molar-refractivity contribution in [3.63, 3.8) is 0 Å². The highest BCUT2D eigenvalue weighted by molar-refractivity contribution is 7.89. The Kier molecular flexibility index (Phi) is 5.45. The molecule has 2 aromatic rings. The summed E-state index contributed by atoms with van der Waals surface area (Å²) in [6.07, 6.45) is 2.48. The van der Waals surface area contributed by atoms with E-state index in [1.165, 1.54) is 22.5 Å². The fourth-order valence-electron chi connectivity index (χ4n) is 3.02. The number of fused-ring (bicyclic) bond motifs is 1. The minimum Gasteiger partial charge on any atom is -0.333 e. The number of hydrogen-bond donors (Lipinski definition) is 0. The molecule has 0 fully saturated rings. The third-order valence-corrected chi connectivity index (χ3v) is 6.72. The number of halogens is 1. The summed E-state index contributed by atoms with van der Waals surface area (Å²) in [6, 6.07) is 5.55. The van der Waals surface area contributed by atoms with Crippen LogP contribution in [0.2, 0.25) is 0 Å². The highest BCUT2D eigenvalue weighted by atomic mass is 32.2. The molecule has 0 amide bonds. The average molecular weight is 380 g/mol. The van der Waals surface area contributed by atoms with Crippen LogP contribution in [0.25, 0.3) is 0 Å². The van der Waals surface area contributed by atoms with Gasteiger partial charge in [-0.15, -0.1) is 0 Å². The van der Waals surface area contributed by atoms with Crippen LogP contribution < -0.4 is 0 Å². The maximum atomic E-state index is 13.5. The van der Waals surface area contributed by atoms with Crippen LogP contribution in [-0.4, -0.2) is 46.8 Å². The smallest absolute Gasteiger partial charge is 0.243 e. The molecule has 142 valence electrons. The SMILES string of the molecule is CC(C)N(C)Cc1ncn2c1CN(S(=O)(=O)c1cccc(F)c1)CCC2. The molecule has 0 bridgehead atoms. The van der Waals surface area contributed by atoms with Crippen LogP contribution in [0.1, 0.15) is 31.7 Å². The molecule has 0 radical (unpaired) electrons. The predicted molar refractivity (Wildman–Crippen MR) is 97.4 cm³/mol. The Hall–Kier alpha value is -1.77. The molecule has 8 heteroatoms. The van der Waals surface area contributed by atoms with E-state index in [0.29, 0.717) is 25.6 Å². The summed E-state index contributed by atoms with van der Waals surface area (Å²) in [5.41, 5.74) is 1.80. The van der Waals surface area contributed by atoms with Crippen molar-refractivity contribution in [2.75, 3.05) is 13.6 Å². The minimum atomic E-state index is -3.75. The van der Waals surface area contributed by atoms with Crippen LogP contribution in [0.3, 0.4) is 0 Å². The van der Waals surface area contributed by atoms with Gasteiger partial charge in [0.2, 0.25) is 10.0 Å². The molecule has 0 unspecified atom stereocenters. The molecule has 0 atom stereocenters. The summed E-state index contributed by atoms with van der Waals surface area (Å²) in [4.78, 5) is 6.66. The van der Waals surface area contributed by atoms with E-state index in [9.17, 15) is 12.8 Å². The summed E-state index contributed by atoms with van der Waals surface area (Å²) in [6.45, 7) is 6.25. The lowest BCUT2D eigenvalue weighted by Gasteiger charge is -2.23. The molecular formula is C18H25FN4O2S. The van der Waals surface area contributed by atoms with Gasteiger partial charge in [0.05, 0.1) is 29.2 Å². The first-order valence-corrected chi connectivity index (χ1v) is 10.2. The minimum absolute atomic E-state index is 0.00804.